The van der Waals surface area contributed by atoms with Crippen molar-refractivity contribution in [2.75, 3.05) is 0 Å². The van der Waals surface area contributed by atoms with Crippen molar-refractivity contribution in [1.29, 1.82) is 0 Å². The molecule has 160 valence electrons. The highest BCUT2D eigenvalue weighted by Crippen LogP contribution is 2.31. The van der Waals surface area contributed by atoms with E-state index in [0.717, 1.165) is 42.7 Å². The molecule has 5 nitrogen and oxygen atoms in total. The highest BCUT2D eigenvalue weighted by atomic mass is 32.2. The van der Waals surface area contributed by atoms with Gasteiger partial charge in [-0.1, -0.05) is 24.3 Å². The van der Waals surface area contributed by atoms with E-state index in [-0.39, 0.29) is 34.7 Å². The zero-order chi connectivity index (χ0) is 22.0. The van der Waals surface area contributed by atoms with Gasteiger partial charge in [0.05, 0.1) is 5.56 Å². The van der Waals surface area contributed by atoms with Gasteiger partial charge in [-0.2, -0.15) is 8.42 Å². The van der Waals surface area contributed by atoms with Gasteiger partial charge < -0.3 is 9.08 Å². The van der Waals surface area contributed by atoms with Crippen molar-refractivity contribution in [2.45, 2.75) is 30.3 Å². The summed E-state index contributed by atoms with van der Waals surface area (Å²) in [5.41, 5.74) is 0.780. The maximum absolute atomic E-state index is 14.1. The summed E-state index contributed by atoms with van der Waals surface area (Å²) in [6, 6.07) is 16.5. The SMILES string of the molecule is O=C(c1ccccc1F)N(Cc1ccc(OS(=O)(=O)c2ccc(F)cc2)cc1)C1CC1. The van der Waals surface area contributed by atoms with E-state index in [4.69, 9.17) is 4.18 Å². The number of carbonyl (C=O) groups excluding carboxylic acids is 1. The number of benzene rings is 3. The van der Waals surface area contributed by atoms with Gasteiger partial charge >= 0.3 is 10.1 Å². The molecule has 1 amide bonds. The molecule has 0 N–H and O–H groups in total. The van der Waals surface area contributed by atoms with Crippen LogP contribution in [0.5, 0.6) is 5.75 Å². The standard InChI is InChI=1S/C23H19F2NO4S/c24-17-7-13-20(14-8-17)31(28,29)30-19-11-5-16(6-12-19)15-26(18-9-10-18)23(27)21-3-1-2-4-22(21)25/h1-8,11-14,18H,9-10,15H2. The van der Waals surface area contributed by atoms with Crippen LogP contribution in [0.4, 0.5) is 8.78 Å². The second kappa shape index (κ2) is 8.47. The Hall–Kier alpha value is -3.26. The van der Waals surface area contributed by atoms with Crippen LogP contribution >= 0.6 is 0 Å². The molecule has 1 aliphatic carbocycles. The predicted molar refractivity (Wildman–Crippen MR) is 110 cm³/mol. The average molecular weight is 443 g/mol. The molecule has 1 saturated carbocycles. The van der Waals surface area contributed by atoms with Crippen LogP contribution < -0.4 is 4.18 Å². The minimum absolute atomic E-state index is 0.0275. The lowest BCUT2D eigenvalue weighted by molar-refractivity contribution is 0.0725. The number of halogens is 2. The molecule has 0 heterocycles. The summed E-state index contributed by atoms with van der Waals surface area (Å²) in [6.07, 6.45) is 1.72. The van der Waals surface area contributed by atoms with Crippen LogP contribution in [0.25, 0.3) is 0 Å². The maximum atomic E-state index is 14.1. The number of carbonyl (C=O) groups is 1. The van der Waals surface area contributed by atoms with Gasteiger partial charge in [-0.15, -0.1) is 0 Å². The van der Waals surface area contributed by atoms with E-state index in [9.17, 15) is 22.0 Å². The van der Waals surface area contributed by atoms with Gasteiger partial charge in [0.1, 0.15) is 22.3 Å². The van der Waals surface area contributed by atoms with Gasteiger partial charge in [0.25, 0.3) is 5.91 Å². The van der Waals surface area contributed by atoms with Crippen LogP contribution in [0, 0.1) is 11.6 Å². The average Bonchev–Trinajstić information content (AvgIpc) is 3.58. The summed E-state index contributed by atoms with van der Waals surface area (Å²) < 4.78 is 56.8. The topological polar surface area (TPSA) is 63.7 Å². The van der Waals surface area contributed by atoms with E-state index in [1.807, 2.05) is 0 Å². The van der Waals surface area contributed by atoms with Crippen molar-refractivity contribution in [1.82, 2.24) is 4.90 Å². The molecule has 0 saturated heterocycles. The Morgan fingerprint density at radius 2 is 1.58 bits per heavy atom. The van der Waals surface area contributed by atoms with Gasteiger partial charge in [0.2, 0.25) is 0 Å². The first-order valence-corrected chi connectivity index (χ1v) is 11.1. The molecule has 1 fully saturated rings. The lowest BCUT2D eigenvalue weighted by Crippen LogP contribution is -2.33. The Morgan fingerprint density at radius 3 is 2.19 bits per heavy atom. The number of hydrogen-bond acceptors (Lipinski definition) is 4. The fourth-order valence-electron chi connectivity index (χ4n) is 3.17. The van der Waals surface area contributed by atoms with Crippen molar-refractivity contribution < 1.29 is 26.2 Å². The lowest BCUT2D eigenvalue weighted by Gasteiger charge is -2.23. The van der Waals surface area contributed by atoms with Gasteiger partial charge in [0.15, 0.2) is 0 Å². The van der Waals surface area contributed by atoms with Gasteiger partial charge in [0, 0.05) is 12.6 Å². The van der Waals surface area contributed by atoms with Crippen molar-refractivity contribution >= 4 is 16.0 Å². The van der Waals surface area contributed by atoms with Crippen LogP contribution in [-0.2, 0) is 16.7 Å². The van der Waals surface area contributed by atoms with E-state index in [2.05, 4.69) is 0 Å². The van der Waals surface area contributed by atoms with E-state index in [0.29, 0.717) is 0 Å². The Morgan fingerprint density at radius 1 is 0.935 bits per heavy atom. The minimum atomic E-state index is -4.10. The normalized spacial score (nSPS) is 13.6. The molecular weight excluding hydrogens is 424 g/mol. The summed E-state index contributed by atoms with van der Waals surface area (Å²) >= 11 is 0. The first-order valence-electron chi connectivity index (χ1n) is 9.68. The molecule has 0 aliphatic heterocycles. The van der Waals surface area contributed by atoms with E-state index < -0.39 is 21.8 Å². The Kier molecular flexibility index (Phi) is 5.73. The number of hydrogen-bond donors (Lipinski definition) is 0. The molecular formula is C23H19F2NO4S. The van der Waals surface area contributed by atoms with Crippen LogP contribution in [0.3, 0.4) is 0 Å². The smallest absolute Gasteiger partial charge is 0.339 e. The number of nitrogens with zero attached hydrogens (tertiary/aromatic N) is 1. The summed E-state index contributed by atoms with van der Waals surface area (Å²) in [5.74, 6) is -1.40. The summed E-state index contributed by atoms with van der Waals surface area (Å²) in [6.45, 7) is 0.267. The fraction of sp³-hybridized carbons (Fsp3) is 0.174. The Bertz CT molecular complexity index is 1190. The molecule has 0 radical (unpaired) electrons. The molecule has 0 unspecified atom stereocenters. The Balaban J connectivity index is 1.48. The zero-order valence-corrected chi connectivity index (χ0v) is 17.2. The molecule has 8 heteroatoms. The number of amides is 1. The lowest BCUT2D eigenvalue weighted by atomic mass is 10.1. The summed E-state index contributed by atoms with van der Waals surface area (Å²) in [4.78, 5) is 14.3. The molecule has 0 spiro atoms. The second-order valence-corrected chi connectivity index (χ2v) is 8.83. The van der Waals surface area contributed by atoms with Crippen molar-refractivity contribution in [2.24, 2.45) is 0 Å². The molecule has 31 heavy (non-hydrogen) atoms. The molecule has 3 aromatic carbocycles. The molecule has 0 aromatic heterocycles. The predicted octanol–water partition coefficient (Wildman–Crippen LogP) is 4.54. The highest BCUT2D eigenvalue weighted by molar-refractivity contribution is 7.87. The van der Waals surface area contributed by atoms with Crippen LogP contribution in [0.2, 0.25) is 0 Å². The molecule has 4 rings (SSSR count). The third-order valence-electron chi connectivity index (χ3n) is 4.94. The van der Waals surface area contributed by atoms with Crippen molar-refractivity contribution in [3.8, 4) is 5.75 Å². The molecule has 3 aromatic rings. The van der Waals surface area contributed by atoms with Crippen molar-refractivity contribution in [3.05, 3.63) is 95.6 Å². The summed E-state index contributed by atoms with van der Waals surface area (Å²) in [7, 11) is -4.10. The highest BCUT2D eigenvalue weighted by Gasteiger charge is 2.34. The zero-order valence-electron chi connectivity index (χ0n) is 16.4. The largest absolute Gasteiger partial charge is 0.379 e. The van der Waals surface area contributed by atoms with Gasteiger partial charge in [-0.05, 0) is 66.9 Å². The molecule has 1 aliphatic rings. The first kappa shape index (κ1) is 21.0. The van der Waals surface area contributed by atoms with Crippen LogP contribution in [0.15, 0.2) is 77.7 Å². The third-order valence-corrected chi connectivity index (χ3v) is 6.20. The quantitative estimate of drug-likeness (QED) is 0.503. The van der Waals surface area contributed by atoms with Crippen molar-refractivity contribution in [3.63, 3.8) is 0 Å². The first-order chi connectivity index (χ1) is 14.8. The van der Waals surface area contributed by atoms with Gasteiger partial charge in [-0.25, -0.2) is 8.78 Å². The minimum Gasteiger partial charge on any atom is -0.379 e. The second-order valence-electron chi connectivity index (χ2n) is 7.28. The fourth-order valence-corrected chi connectivity index (χ4v) is 4.10. The third kappa shape index (κ3) is 4.91. The number of rotatable bonds is 7. The van der Waals surface area contributed by atoms with Crippen LogP contribution in [-0.4, -0.2) is 25.3 Å². The van der Waals surface area contributed by atoms with E-state index in [1.165, 1.54) is 30.3 Å². The monoisotopic (exact) mass is 443 g/mol. The Labute approximate surface area is 179 Å². The van der Waals surface area contributed by atoms with E-state index >= 15 is 0 Å². The van der Waals surface area contributed by atoms with Crippen LogP contribution in [0.1, 0.15) is 28.8 Å². The molecule has 0 atom stereocenters. The van der Waals surface area contributed by atoms with Gasteiger partial charge in [-0.3, -0.25) is 4.79 Å². The van der Waals surface area contributed by atoms with E-state index in [1.54, 1.807) is 23.1 Å². The maximum Gasteiger partial charge on any atom is 0.339 e. The summed E-state index contributed by atoms with van der Waals surface area (Å²) in [5, 5.41) is 0. The molecule has 0 bridgehead atoms.